The standard InChI is InChI=1S/C22H26N2/c23-15-1-2-17-3-7-19(8-4-17)21-11-13-22(14-12-21)20-9-5-18(16-24)6-10-20/h1-2,5-6,9-10,17,19,21-22H,3-4,7-8,11-14H2/b2-1+/t17?,19?,21-,22-. The highest BCUT2D eigenvalue weighted by molar-refractivity contribution is 5.33. The van der Waals surface area contributed by atoms with Crippen LogP contribution in [-0.2, 0) is 0 Å². The molecule has 0 saturated heterocycles. The largest absolute Gasteiger partial charge is 0.193 e. The first-order chi connectivity index (χ1) is 11.8. The molecular weight excluding hydrogens is 292 g/mol. The van der Waals surface area contributed by atoms with Crippen molar-refractivity contribution in [3.05, 3.63) is 47.5 Å². The van der Waals surface area contributed by atoms with E-state index in [1.165, 1.54) is 56.9 Å². The molecule has 1 aromatic carbocycles. The molecule has 2 heteroatoms. The van der Waals surface area contributed by atoms with Gasteiger partial charge in [-0.3, -0.25) is 0 Å². The van der Waals surface area contributed by atoms with Gasteiger partial charge >= 0.3 is 0 Å². The Morgan fingerprint density at radius 1 is 0.792 bits per heavy atom. The number of hydrogen-bond donors (Lipinski definition) is 0. The Bertz CT molecular complexity index is 628. The molecular formula is C22H26N2. The van der Waals surface area contributed by atoms with Crippen LogP contribution in [0.25, 0.3) is 0 Å². The highest BCUT2D eigenvalue weighted by Crippen LogP contribution is 2.44. The topological polar surface area (TPSA) is 47.6 Å². The molecule has 0 aromatic heterocycles. The summed E-state index contributed by atoms with van der Waals surface area (Å²) in [5.41, 5.74) is 2.17. The van der Waals surface area contributed by atoms with Crippen LogP contribution in [-0.4, -0.2) is 0 Å². The number of rotatable bonds is 3. The first-order valence-electron chi connectivity index (χ1n) is 9.36. The minimum absolute atomic E-state index is 0.635. The monoisotopic (exact) mass is 318 g/mol. The van der Waals surface area contributed by atoms with Crippen LogP contribution >= 0.6 is 0 Å². The van der Waals surface area contributed by atoms with Crippen molar-refractivity contribution in [1.29, 1.82) is 10.5 Å². The predicted octanol–water partition coefficient (Wildman–Crippen LogP) is 5.72. The molecule has 2 fully saturated rings. The predicted molar refractivity (Wildman–Crippen MR) is 96.1 cm³/mol. The minimum atomic E-state index is 0.635. The van der Waals surface area contributed by atoms with E-state index in [-0.39, 0.29) is 0 Å². The molecule has 2 nitrogen and oxygen atoms in total. The van der Waals surface area contributed by atoms with Gasteiger partial charge in [-0.15, -0.1) is 0 Å². The average molecular weight is 318 g/mol. The van der Waals surface area contributed by atoms with Gasteiger partial charge in [0.25, 0.3) is 0 Å². The molecule has 0 radical (unpaired) electrons. The molecule has 0 amide bonds. The molecule has 0 heterocycles. The van der Waals surface area contributed by atoms with Crippen molar-refractivity contribution in [2.45, 2.75) is 57.3 Å². The number of hydrogen-bond acceptors (Lipinski definition) is 2. The summed E-state index contributed by atoms with van der Waals surface area (Å²) in [5, 5.41) is 17.6. The third kappa shape index (κ3) is 4.07. The van der Waals surface area contributed by atoms with Crippen molar-refractivity contribution in [2.75, 3.05) is 0 Å². The molecule has 0 atom stereocenters. The molecule has 3 rings (SSSR count). The molecule has 0 bridgehead atoms. The van der Waals surface area contributed by atoms with Crippen molar-refractivity contribution < 1.29 is 0 Å². The number of nitriles is 2. The fourth-order valence-corrected chi connectivity index (χ4v) is 4.74. The molecule has 24 heavy (non-hydrogen) atoms. The Labute approximate surface area is 145 Å². The van der Waals surface area contributed by atoms with E-state index < -0.39 is 0 Å². The SMILES string of the molecule is N#C/C=C/C1CCC([C@H]2CC[C@H](c3ccc(C#N)cc3)CC2)CC1. The van der Waals surface area contributed by atoms with E-state index in [1.807, 2.05) is 12.1 Å². The van der Waals surface area contributed by atoms with E-state index in [9.17, 15) is 0 Å². The second-order valence-electron chi connectivity index (χ2n) is 7.51. The molecule has 0 spiro atoms. The van der Waals surface area contributed by atoms with E-state index in [4.69, 9.17) is 10.5 Å². The van der Waals surface area contributed by atoms with Gasteiger partial charge in [0.15, 0.2) is 0 Å². The van der Waals surface area contributed by atoms with Crippen molar-refractivity contribution in [1.82, 2.24) is 0 Å². The lowest BCUT2D eigenvalue weighted by molar-refractivity contribution is 0.171. The molecule has 2 aliphatic carbocycles. The summed E-state index contributed by atoms with van der Waals surface area (Å²) in [6.07, 6.45) is 14.3. The van der Waals surface area contributed by atoms with Crippen LogP contribution in [0.3, 0.4) is 0 Å². The fraction of sp³-hybridized carbons (Fsp3) is 0.545. The highest BCUT2D eigenvalue weighted by atomic mass is 14.4. The van der Waals surface area contributed by atoms with Crippen molar-refractivity contribution in [3.63, 3.8) is 0 Å². The summed E-state index contributed by atoms with van der Waals surface area (Å²) in [5.74, 6) is 3.12. The maximum Gasteiger partial charge on any atom is 0.0991 e. The van der Waals surface area contributed by atoms with E-state index in [1.54, 1.807) is 6.08 Å². The smallest absolute Gasteiger partial charge is 0.0991 e. The molecule has 2 saturated carbocycles. The maximum absolute atomic E-state index is 8.91. The zero-order chi connectivity index (χ0) is 16.8. The zero-order valence-electron chi connectivity index (χ0n) is 14.3. The Morgan fingerprint density at radius 2 is 1.38 bits per heavy atom. The van der Waals surface area contributed by atoms with Crippen LogP contribution < -0.4 is 0 Å². The van der Waals surface area contributed by atoms with Gasteiger partial charge in [0.1, 0.15) is 0 Å². The summed E-state index contributed by atoms with van der Waals surface area (Å²) < 4.78 is 0. The lowest BCUT2D eigenvalue weighted by atomic mass is 9.68. The third-order valence-electron chi connectivity index (χ3n) is 6.21. The van der Waals surface area contributed by atoms with Gasteiger partial charge in [-0.05, 0) is 92.7 Å². The Kier molecular flexibility index (Phi) is 5.71. The summed E-state index contributed by atoms with van der Waals surface area (Å²) in [6, 6.07) is 12.5. The Balaban J connectivity index is 1.48. The maximum atomic E-state index is 8.91. The van der Waals surface area contributed by atoms with Crippen LogP contribution in [0.2, 0.25) is 0 Å². The van der Waals surface area contributed by atoms with E-state index >= 15 is 0 Å². The lowest BCUT2D eigenvalue weighted by Crippen LogP contribution is -2.25. The second kappa shape index (κ2) is 8.16. The van der Waals surface area contributed by atoms with Crippen LogP contribution in [0.5, 0.6) is 0 Å². The normalized spacial score (nSPS) is 30.6. The summed E-state index contributed by atoms with van der Waals surface area (Å²) in [4.78, 5) is 0. The van der Waals surface area contributed by atoms with E-state index in [2.05, 4.69) is 30.3 Å². The first-order valence-corrected chi connectivity index (χ1v) is 9.36. The quantitative estimate of drug-likeness (QED) is 0.669. The summed E-state index contributed by atoms with van der Waals surface area (Å²) in [6.45, 7) is 0. The van der Waals surface area contributed by atoms with Gasteiger partial charge < -0.3 is 0 Å². The molecule has 0 N–H and O–H groups in total. The van der Waals surface area contributed by atoms with Gasteiger partial charge in [-0.1, -0.05) is 18.2 Å². The summed E-state index contributed by atoms with van der Waals surface area (Å²) in [7, 11) is 0. The van der Waals surface area contributed by atoms with Gasteiger partial charge in [0, 0.05) is 6.08 Å². The van der Waals surface area contributed by atoms with Gasteiger partial charge in [0.05, 0.1) is 17.7 Å². The van der Waals surface area contributed by atoms with Gasteiger partial charge in [-0.2, -0.15) is 10.5 Å². The lowest BCUT2D eigenvalue weighted by Gasteiger charge is -2.37. The molecule has 0 unspecified atom stereocenters. The van der Waals surface area contributed by atoms with Crippen molar-refractivity contribution in [3.8, 4) is 12.1 Å². The Hall–Kier alpha value is -2.06. The molecule has 124 valence electrons. The summed E-state index contributed by atoms with van der Waals surface area (Å²) >= 11 is 0. The minimum Gasteiger partial charge on any atom is -0.193 e. The van der Waals surface area contributed by atoms with Crippen LogP contribution in [0.1, 0.15) is 68.4 Å². The van der Waals surface area contributed by atoms with E-state index in [0.29, 0.717) is 11.8 Å². The number of nitrogens with zero attached hydrogens (tertiary/aromatic N) is 2. The molecule has 0 aliphatic heterocycles. The van der Waals surface area contributed by atoms with Gasteiger partial charge in [0.2, 0.25) is 0 Å². The first kappa shape index (κ1) is 16.8. The van der Waals surface area contributed by atoms with Crippen LogP contribution in [0.15, 0.2) is 36.4 Å². The average Bonchev–Trinajstić information content (AvgIpc) is 2.67. The van der Waals surface area contributed by atoms with Gasteiger partial charge in [-0.25, -0.2) is 0 Å². The molecule has 1 aromatic rings. The highest BCUT2D eigenvalue weighted by Gasteiger charge is 2.30. The number of benzene rings is 1. The number of allylic oxidation sites excluding steroid dienone is 2. The van der Waals surface area contributed by atoms with E-state index in [0.717, 1.165) is 17.4 Å². The third-order valence-corrected chi connectivity index (χ3v) is 6.21. The Morgan fingerprint density at radius 3 is 1.92 bits per heavy atom. The van der Waals surface area contributed by atoms with Crippen molar-refractivity contribution in [2.24, 2.45) is 17.8 Å². The van der Waals surface area contributed by atoms with Crippen LogP contribution in [0.4, 0.5) is 0 Å². The zero-order valence-corrected chi connectivity index (χ0v) is 14.3. The molecule has 2 aliphatic rings. The van der Waals surface area contributed by atoms with Crippen molar-refractivity contribution >= 4 is 0 Å². The fourth-order valence-electron chi connectivity index (χ4n) is 4.74. The second-order valence-corrected chi connectivity index (χ2v) is 7.51. The van der Waals surface area contributed by atoms with Crippen LogP contribution in [0, 0.1) is 40.4 Å².